The van der Waals surface area contributed by atoms with Gasteiger partial charge in [-0.1, -0.05) is 29.8 Å². The lowest BCUT2D eigenvalue weighted by molar-refractivity contribution is 1.25. The summed E-state index contributed by atoms with van der Waals surface area (Å²) in [4.78, 5) is 8.98. The highest BCUT2D eigenvalue weighted by Crippen LogP contribution is 2.27. The first kappa shape index (κ1) is 11.7. The van der Waals surface area contributed by atoms with E-state index in [1.54, 1.807) is 0 Å². The van der Waals surface area contributed by atoms with Crippen LogP contribution in [0.4, 0.5) is 0 Å². The van der Waals surface area contributed by atoms with Crippen molar-refractivity contribution in [3.8, 4) is 0 Å². The van der Waals surface area contributed by atoms with E-state index in [1.165, 1.54) is 0 Å². The van der Waals surface area contributed by atoms with Crippen LogP contribution in [0.5, 0.6) is 0 Å². The summed E-state index contributed by atoms with van der Waals surface area (Å²) in [5, 5.41) is 2.53. The van der Waals surface area contributed by atoms with Gasteiger partial charge in [0.2, 0.25) is 0 Å². The Morgan fingerprint density at radius 2 is 1.67 bits per heavy atom. The van der Waals surface area contributed by atoms with Gasteiger partial charge in [-0.15, -0.1) is 11.6 Å². The molecule has 0 saturated carbocycles. The van der Waals surface area contributed by atoms with E-state index in [4.69, 9.17) is 23.2 Å². The van der Waals surface area contributed by atoms with Crippen molar-refractivity contribution in [2.75, 3.05) is 0 Å². The maximum Gasteiger partial charge on any atom is 0.134 e. The summed E-state index contributed by atoms with van der Waals surface area (Å²) < 4.78 is 0. The fraction of sp³-hybridized carbons (Fsp3) is 0.143. The molecular weight excluding hydrogens is 267 g/mol. The van der Waals surface area contributed by atoms with E-state index >= 15 is 0 Å². The Morgan fingerprint density at radius 1 is 1.00 bits per heavy atom. The van der Waals surface area contributed by atoms with Crippen LogP contribution in [0.2, 0.25) is 5.15 Å². The zero-order chi connectivity index (χ0) is 12.7. The number of benzene rings is 1. The smallest absolute Gasteiger partial charge is 0.134 e. The minimum Gasteiger partial charge on any atom is -0.251 e. The standard InChI is InChI=1S/C14H10Cl2N2/c1-8-2-3-9-4-5-10-6-11(7-15)14(16)18-13(10)12(9)17-8/h2-6H,7H2,1H3. The molecule has 2 heterocycles. The number of alkyl halides is 1. The van der Waals surface area contributed by atoms with Gasteiger partial charge in [0.1, 0.15) is 5.15 Å². The van der Waals surface area contributed by atoms with Crippen LogP contribution in [0.15, 0.2) is 30.3 Å². The number of nitrogens with zero attached hydrogens (tertiary/aromatic N) is 2. The van der Waals surface area contributed by atoms with E-state index < -0.39 is 0 Å². The minimum absolute atomic E-state index is 0.362. The fourth-order valence-electron chi connectivity index (χ4n) is 2.03. The highest BCUT2D eigenvalue weighted by atomic mass is 35.5. The highest BCUT2D eigenvalue weighted by molar-refractivity contribution is 6.31. The summed E-state index contributed by atoms with van der Waals surface area (Å²) in [6, 6.07) is 10.1. The van der Waals surface area contributed by atoms with Gasteiger partial charge in [-0.2, -0.15) is 0 Å². The van der Waals surface area contributed by atoms with Crippen LogP contribution < -0.4 is 0 Å². The quantitative estimate of drug-likeness (QED) is 0.372. The van der Waals surface area contributed by atoms with Crippen molar-refractivity contribution in [2.24, 2.45) is 0 Å². The molecule has 0 atom stereocenters. The molecule has 2 aromatic heterocycles. The molecule has 4 heteroatoms. The van der Waals surface area contributed by atoms with Crippen LogP contribution in [-0.2, 0) is 5.88 Å². The summed E-state index contributed by atoms with van der Waals surface area (Å²) in [5.41, 5.74) is 3.53. The van der Waals surface area contributed by atoms with Crippen LogP contribution in [0.1, 0.15) is 11.3 Å². The number of aryl methyl sites for hydroxylation is 1. The molecule has 0 unspecified atom stereocenters. The third-order valence-electron chi connectivity index (χ3n) is 2.95. The number of hydrogen-bond acceptors (Lipinski definition) is 2. The summed E-state index contributed by atoms with van der Waals surface area (Å²) >= 11 is 12.0. The molecule has 3 aromatic rings. The first-order chi connectivity index (χ1) is 8.69. The van der Waals surface area contributed by atoms with Gasteiger partial charge in [-0.25, -0.2) is 4.98 Å². The molecular formula is C14H10Cl2N2. The van der Waals surface area contributed by atoms with Gasteiger partial charge in [-0.05, 0) is 19.1 Å². The van der Waals surface area contributed by atoms with Crippen LogP contribution in [0.3, 0.4) is 0 Å². The number of hydrogen-bond donors (Lipinski definition) is 0. The van der Waals surface area contributed by atoms with Crippen molar-refractivity contribution < 1.29 is 0 Å². The van der Waals surface area contributed by atoms with Crippen molar-refractivity contribution in [3.63, 3.8) is 0 Å². The number of halogens is 2. The van der Waals surface area contributed by atoms with E-state index in [1.807, 2.05) is 37.3 Å². The lowest BCUT2D eigenvalue weighted by Crippen LogP contribution is -1.91. The Bertz CT molecular complexity index is 753. The molecule has 0 aliphatic rings. The molecule has 1 aromatic carbocycles. The van der Waals surface area contributed by atoms with Gasteiger partial charge in [0.05, 0.1) is 16.9 Å². The van der Waals surface area contributed by atoms with E-state index in [0.717, 1.165) is 33.1 Å². The topological polar surface area (TPSA) is 25.8 Å². The van der Waals surface area contributed by atoms with Crippen molar-refractivity contribution in [1.29, 1.82) is 0 Å². The molecule has 0 N–H and O–H groups in total. The third-order valence-corrected chi connectivity index (χ3v) is 3.57. The van der Waals surface area contributed by atoms with Gasteiger partial charge in [-0.3, -0.25) is 4.98 Å². The second kappa shape index (κ2) is 4.38. The van der Waals surface area contributed by atoms with E-state index in [-0.39, 0.29) is 0 Å². The summed E-state index contributed by atoms with van der Waals surface area (Å²) in [6.07, 6.45) is 0. The van der Waals surface area contributed by atoms with E-state index in [2.05, 4.69) is 9.97 Å². The van der Waals surface area contributed by atoms with Crippen LogP contribution in [0, 0.1) is 6.92 Å². The van der Waals surface area contributed by atoms with Gasteiger partial charge in [0.15, 0.2) is 0 Å². The summed E-state index contributed by atoms with van der Waals surface area (Å²) in [7, 11) is 0. The zero-order valence-corrected chi connectivity index (χ0v) is 11.3. The number of pyridine rings is 2. The molecule has 0 fully saturated rings. The van der Waals surface area contributed by atoms with Gasteiger partial charge in [0.25, 0.3) is 0 Å². The SMILES string of the molecule is Cc1ccc2ccc3cc(CCl)c(Cl)nc3c2n1. The lowest BCUT2D eigenvalue weighted by atomic mass is 10.1. The molecule has 90 valence electrons. The third kappa shape index (κ3) is 1.82. The Balaban J connectivity index is 2.46. The van der Waals surface area contributed by atoms with Gasteiger partial charge < -0.3 is 0 Å². The highest BCUT2D eigenvalue weighted by Gasteiger charge is 2.08. The second-order valence-electron chi connectivity index (χ2n) is 4.23. The summed E-state index contributed by atoms with van der Waals surface area (Å²) in [5.74, 6) is 0.362. The first-order valence-electron chi connectivity index (χ1n) is 5.60. The molecule has 0 saturated heterocycles. The largest absolute Gasteiger partial charge is 0.251 e. The molecule has 0 amide bonds. The first-order valence-corrected chi connectivity index (χ1v) is 6.52. The maximum absolute atomic E-state index is 6.12. The molecule has 0 aliphatic carbocycles. The Hall–Kier alpha value is -1.38. The molecule has 0 bridgehead atoms. The monoisotopic (exact) mass is 276 g/mol. The molecule has 3 rings (SSSR count). The Morgan fingerprint density at radius 3 is 2.44 bits per heavy atom. The normalized spacial score (nSPS) is 11.3. The van der Waals surface area contributed by atoms with Crippen LogP contribution in [0.25, 0.3) is 21.8 Å². The summed E-state index contributed by atoms with van der Waals surface area (Å²) in [6.45, 7) is 1.97. The predicted molar refractivity (Wildman–Crippen MR) is 76.3 cm³/mol. The number of rotatable bonds is 1. The Kier molecular flexibility index (Phi) is 2.84. The van der Waals surface area contributed by atoms with Gasteiger partial charge in [0, 0.05) is 22.0 Å². The average Bonchev–Trinajstić information content (AvgIpc) is 2.38. The van der Waals surface area contributed by atoms with Crippen molar-refractivity contribution in [3.05, 3.63) is 46.7 Å². The van der Waals surface area contributed by atoms with Crippen molar-refractivity contribution in [1.82, 2.24) is 9.97 Å². The Labute approximate surface area is 115 Å². The van der Waals surface area contributed by atoms with Crippen LogP contribution in [-0.4, -0.2) is 9.97 Å². The maximum atomic E-state index is 6.12. The fourth-order valence-corrected chi connectivity index (χ4v) is 2.51. The van der Waals surface area contributed by atoms with E-state index in [0.29, 0.717) is 11.0 Å². The number of aromatic nitrogens is 2. The lowest BCUT2D eigenvalue weighted by Gasteiger charge is -2.06. The minimum atomic E-state index is 0.362. The van der Waals surface area contributed by atoms with Crippen LogP contribution >= 0.6 is 23.2 Å². The van der Waals surface area contributed by atoms with Gasteiger partial charge >= 0.3 is 0 Å². The predicted octanol–water partition coefficient (Wildman–Crippen LogP) is 4.48. The molecule has 0 aliphatic heterocycles. The molecule has 18 heavy (non-hydrogen) atoms. The number of fused-ring (bicyclic) bond motifs is 3. The molecule has 0 spiro atoms. The zero-order valence-electron chi connectivity index (χ0n) is 9.74. The average molecular weight is 277 g/mol. The van der Waals surface area contributed by atoms with E-state index in [9.17, 15) is 0 Å². The molecule has 2 nitrogen and oxygen atoms in total. The van der Waals surface area contributed by atoms with Crippen molar-refractivity contribution >= 4 is 45.0 Å². The second-order valence-corrected chi connectivity index (χ2v) is 4.86. The van der Waals surface area contributed by atoms with Crippen molar-refractivity contribution in [2.45, 2.75) is 12.8 Å². The molecule has 0 radical (unpaired) electrons.